The van der Waals surface area contributed by atoms with E-state index < -0.39 is 0 Å². The highest BCUT2D eigenvalue weighted by molar-refractivity contribution is 7.99. The summed E-state index contributed by atoms with van der Waals surface area (Å²) in [7, 11) is 1.76. The summed E-state index contributed by atoms with van der Waals surface area (Å²) in [5.41, 5.74) is 0.955. The molecule has 1 N–H and O–H groups in total. The molecule has 0 aromatic carbocycles. The van der Waals surface area contributed by atoms with Gasteiger partial charge >= 0.3 is 0 Å². The zero-order valence-electron chi connectivity index (χ0n) is 20.2. The molecule has 188 valence electrons. The normalized spacial score (nSPS) is 25.0. The molecule has 4 aliphatic heterocycles. The molecule has 2 unspecified atom stereocenters. The predicted molar refractivity (Wildman–Crippen MR) is 132 cm³/mol. The Morgan fingerprint density at radius 2 is 2.11 bits per heavy atom. The van der Waals surface area contributed by atoms with Gasteiger partial charge in [-0.25, -0.2) is 15.0 Å². The van der Waals surface area contributed by atoms with Crippen LogP contribution in [-0.2, 0) is 16.1 Å². The molecule has 2 aromatic rings. The number of hydrogen-bond donors (Lipinski definition) is 1. The number of aromatic nitrogens is 3. The van der Waals surface area contributed by atoms with Gasteiger partial charge in [0.05, 0.1) is 37.0 Å². The smallest absolute Gasteiger partial charge is 0.175 e. The average molecular weight is 500 g/mol. The minimum atomic E-state index is -0.136. The third-order valence-electron chi connectivity index (χ3n) is 7.92. The van der Waals surface area contributed by atoms with Crippen LogP contribution in [0, 0.1) is 11.3 Å². The lowest BCUT2D eigenvalue weighted by molar-refractivity contribution is 0.133. The lowest BCUT2D eigenvalue weighted by atomic mass is 9.78. The second-order valence-electron chi connectivity index (χ2n) is 10.2. The standard InChI is InChI=1S/C25H33N5O4S/c1-32-14-17-10-18-15-34-22-20(2-6-26-24(22)30(18)12-17)35-21-11-27-23(19(13-31)28-21)29-7-3-25(4-8-29)5-9-33-16-25/h2,6,11,17-18,31H,3-5,7-10,12-16H2,1H3. The Balaban J connectivity index is 1.19. The molecule has 2 aromatic heterocycles. The van der Waals surface area contributed by atoms with E-state index in [-0.39, 0.29) is 6.61 Å². The molecule has 0 amide bonds. The summed E-state index contributed by atoms with van der Waals surface area (Å²) in [6.07, 6.45) is 8.05. The van der Waals surface area contributed by atoms with Gasteiger partial charge in [-0.05, 0) is 37.2 Å². The van der Waals surface area contributed by atoms with E-state index in [9.17, 15) is 5.11 Å². The van der Waals surface area contributed by atoms with Gasteiger partial charge < -0.3 is 29.1 Å². The minimum absolute atomic E-state index is 0.136. The van der Waals surface area contributed by atoms with Crippen LogP contribution in [-0.4, -0.2) is 79.3 Å². The number of nitrogens with zero attached hydrogens (tertiary/aromatic N) is 5. The monoisotopic (exact) mass is 499 g/mol. The van der Waals surface area contributed by atoms with Gasteiger partial charge in [0.15, 0.2) is 17.4 Å². The number of anilines is 2. The first kappa shape index (κ1) is 23.3. The van der Waals surface area contributed by atoms with Gasteiger partial charge in [0.25, 0.3) is 0 Å². The van der Waals surface area contributed by atoms with Crippen LogP contribution in [0.5, 0.6) is 5.75 Å². The van der Waals surface area contributed by atoms with Crippen molar-refractivity contribution in [1.82, 2.24) is 15.0 Å². The highest BCUT2D eigenvalue weighted by Crippen LogP contribution is 2.45. The van der Waals surface area contributed by atoms with Crippen LogP contribution in [0.15, 0.2) is 28.4 Å². The maximum Gasteiger partial charge on any atom is 0.175 e. The Hall–Kier alpha value is -2.14. The summed E-state index contributed by atoms with van der Waals surface area (Å²) in [5, 5.41) is 10.8. The summed E-state index contributed by atoms with van der Waals surface area (Å²) in [4.78, 5) is 19.8. The number of aliphatic hydroxyl groups excluding tert-OH is 1. The van der Waals surface area contributed by atoms with E-state index in [1.807, 2.05) is 18.5 Å². The summed E-state index contributed by atoms with van der Waals surface area (Å²) < 4.78 is 17.3. The van der Waals surface area contributed by atoms with Crippen molar-refractivity contribution < 1.29 is 19.3 Å². The van der Waals surface area contributed by atoms with Gasteiger partial charge in [-0.15, -0.1) is 0 Å². The van der Waals surface area contributed by atoms with Gasteiger partial charge in [-0.1, -0.05) is 11.8 Å². The topological polar surface area (TPSA) is 93.1 Å². The minimum Gasteiger partial charge on any atom is -0.486 e. The number of methoxy groups -OCH3 is 1. The maximum absolute atomic E-state index is 10.1. The van der Waals surface area contributed by atoms with E-state index in [1.165, 1.54) is 11.8 Å². The van der Waals surface area contributed by atoms with Gasteiger partial charge in [0, 0.05) is 45.5 Å². The average Bonchev–Trinajstić information content (AvgIpc) is 3.52. The Morgan fingerprint density at radius 1 is 1.23 bits per heavy atom. The van der Waals surface area contributed by atoms with Gasteiger partial charge in [-0.3, -0.25) is 0 Å². The summed E-state index contributed by atoms with van der Waals surface area (Å²) in [6, 6.07) is 2.31. The fraction of sp³-hybridized carbons (Fsp3) is 0.640. The van der Waals surface area contributed by atoms with Crippen LogP contribution in [0.3, 0.4) is 0 Å². The van der Waals surface area contributed by atoms with Crippen molar-refractivity contribution in [3.63, 3.8) is 0 Å². The van der Waals surface area contributed by atoms with Crippen molar-refractivity contribution in [2.45, 2.75) is 48.3 Å². The van der Waals surface area contributed by atoms with Crippen molar-refractivity contribution in [1.29, 1.82) is 0 Å². The van der Waals surface area contributed by atoms with E-state index in [0.717, 1.165) is 92.4 Å². The molecular formula is C25H33N5O4S. The lowest BCUT2D eigenvalue weighted by Crippen LogP contribution is -2.41. The fourth-order valence-electron chi connectivity index (χ4n) is 5.98. The summed E-state index contributed by atoms with van der Waals surface area (Å²) in [6.45, 7) is 5.80. The maximum atomic E-state index is 10.1. The number of pyridine rings is 1. The predicted octanol–water partition coefficient (Wildman–Crippen LogP) is 2.76. The molecule has 3 fully saturated rings. The van der Waals surface area contributed by atoms with Crippen LogP contribution in [0.25, 0.3) is 0 Å². The number of piperidine rings is 1. The molecule has 0 saturated carbocycles. The van der Waals surface area contributed by atoms with Crippen molar-refractivity contribution >= 4 is 23.4 Å². The number of ether oxygens (including phenoxy) is 3. The van der Waals surface area contributed by atoms with Crippen LogP contribution in [0.1, 0.15) is 31.4 Å². The molecule has 4 aliphatic rings. The zero-order chi connectivity index (χ0) is 23.8. The van der Waals surface area contributed by atoms with Gasteiger partial charge in [0.1, 0.15) is 17.3 Å². The first-order valence-corrected chi connectivity index (χ1v) is 13.3. The number of fused-ring (bicyclic) bond motifs is 3. The van der Waals surface area contributed by atoms with E-state index in [2.05, 4.69) is 14.8 Å². The van der Waals surface area contributed by atoms with E-state index in [4.69, 9.17) is 24.2 Å². The highest BCUT2D eigenvalue weighted by Gasteiger charge is 2.40. The van der Waals surface area contributed by atoms with Crippen LogP contribution in [0.2, 0.25) is 0 Å². The molecule has 6 heterocycles. The van der Waals surface area contributed by atoms with E-state index in [1.54, 1.807) is 7.11 Å². The van der Waals surface area contributed by atoms with Crippen molar-refractivity contribution in [3.8, 4) is 5.75 Å². The van der Waals surface area contributed by atoms with Crippen molar-refractivity contribution in [3.05, 3.63) is 24.2 Å². The SMILES string of the molecule is COCC1CC2COc3c(Sc4cnc(N5CCC6(CCOC6)CC5)c(CO)n4)ccnc3N2C1. The first-order valence-electron chi connectivity index (χ1n) is 12.5. The molecule has 35 heavy (non-hydrogen) atoms. The van der Waals surface area contributed by atoms with E-state index in [0.29, 0.717) is 29.7 Å². The molecular weight excluding hydrogens is 466 g/mol. The number of aliphatic hydroxyl groups is 1. The number of rotatable bonds is 6. The molecule has 9 nitrogen and oxygen atoms in total. The summed E-state index contributed by atoms with van der Waals surface area (Å²) in [5.74, 6) is 3.00. The van der Waals surface area contributed by atoms with Gasteiger partial charge in [-0.2, -0.15) is 0 Å². The molecule has 0 bridgehead atoms. The van der Waals surface area contributed by atoms with Crippen LogP contribution >= 0.6 is 11.8 Å². The van der Waals surface area contributed by atoms with Crippen LogP contribution in [0.4, 0.5) is 11.6 Å². The quantitative estimate of drug-likeness (QED) is 0.639. The highest BCUT2D eigenvalue weighted by atomic mass is 32.2. The second-order valence-corrected chi connectivity index (χ2v) is 11.2. The third-order valence-corrected chi connectivity index (χ3v) is 8.87. The zero-order valence-corrected chi connectivity index (χ0v) is 21.0. The first-order chi connectivity index (χ1) is 17.2. The summed E-state index contributed by atoms with van der Waals surface area (Å²) >= 11 is 1.51. The van der Waals surface area contributed by atoms with Gasteiger partial charge in [0.2, 0.25) is 0 Å². The molecule has 6 rings (SSSR count). The van der Waals surface area contributed by atoms with Crippen molar-refractivity contribution in [2.24, 2.45) is 11.3 Å². The Morgan fingerprint density at radius 3 is 2.89 bits per heavy atom. The molecule has 1 spiro atoms. The molecule has 0 aliphatic carbocycles. The lowest BCUT2D eigenvalue weighted by Gasteiger charge is -2.39. The van der Waals surface area contributed by atoms with E-state index >= 15 is 0 Å². The second kappa shape index (κ2) is 9.72. The third kappa shape index (κ3) is 4.45. The molecule has 3 saturated heterocycles. The molecule has 10 heteroatoms. The Labute approximate surface area is 210 Å². The molecule has 2 atom stereocenters. The van der Waals surface area contributed by atoms with Crippen LogP contribution < -0.4 is 14.5 Å². The largest absolute Gasteiger partial charge is 0.486 e. The number of hydrogen-bond acceptors (Lipinski definition) is 10. The molecule has 0 radical (unpaired) electrons. The van der Waals surface area contributed by atoms with Crippen molar-refractivity contribution in [2.75, 3.05) is 63.0 Å². The Bertz CT molecular complexity index is 1060. The fourth-order valence-corrected chi connectivity index (χ4v) is 6.84. The Kier molecular flexibility index (Phi) is 6.46.